The molecule has 1 aliphatic rings. The molecule has 1 aromatic rings. The van der Waals surface area contributed by atoms with E-state index < -0.39 is 0 Å². The van der Waals surface area contributed by atoms with E-state index in [4.69, 9.17) is 0 Å². The van der Waals surface area contributed by atoms with Gasteiger partial charge in [-0.05, 0) is 55.3 Å². The summed E-state index contributed by atoms with van der Waals surface area (Å²) in [5.74, 6) is 1.07. The maximum absolute atomic E-state index is 12.3. The first-order valence-electron chi connectivity index (χ1n) is 7.76. The number of hydrogen-bond acceptors (Lipinski definition) is 2. The zero-order valence-corrected chi connectivity index (χ0v) is 12.8. The van der Waals surface area contributed by atoms with Crippen LogP contribution in [-0.4, -0.2) is 18.5 Å². The first-order chi connectivity index (χ1) is 9.61. The van der Waals surface area contributed by atoms with Crippen LogP contribution in [0.15, 0.2) is 24.3 Å². The molecule has 1 saturated heterocycles. The topological polar surface area (TPSA) is 41.1 Å². The molecule has 110 valence electrons. The van der Waals surface area contributed by atoms with Gasteiger partial charge in [0.05, 0.1) is 6.04 Å². The van der Waals surface area contributed by atoms with E-state index in [1.165, 1.54) is 5.56 Å². The number of anilines is 1. The van der Waals surface area contributed by atoms with Crippen LogP contribution in [-0.2, 0) is 4.79 Å². The lowest BCUT2D eigenvalue weighted by atomic mass is 9.92. The average molecular weight is 274 g/mol. The first-order valence-corrected chi connectivity index (χ1v) is 7.76. The molecule has 3 atom stereocenters. The molecule has 3 unspecified atom stereocenters. The van der Waals surface area contributed by atoms with Crippen molar-refractivity contribution in [1.82, 2.24) is 5.32 Å². The van der Waals surface area contributed by atoms with Crippen molar-refractivity contribution in [1.29, 1.82) is 0 Å². The van der Waals surface area contributed by atoms with Gasteiger partial charge in [0, 0.05) is 5.69 Å². The summed E-state index contributed by atoms with van der Waals surface area (Å²) in [7, 11) is 0. The van der Waals surface area contributed by atoms with Crippen LogP contribution >= 0.6 is 0 Å². The Kier molecular flexibility index (Phi) is 5.18. The van der Waals surface area contributed by atoms with Crippen LogP contribution in [0.2, 0.25) is 0 Å². The van der Waals surface area contributed by atoms with Gasteiger partial charge in [-0.1, -0.05) is 32.9 Å². The van der Waals surface area contributed by atoms with Crippen LogP contribution in [0.3, 0.4) is 0 Å². The van der Waals surface area contributed by atoms with Crippen molar-refractivity contribution in [2.24, 2.45) is 5.92 Å². The standard InChI is InChI=1S/C17H26N2O/c1-4-12(2)14-7-9-15(10-8-14)19-17(20)16-13(3)6-5-11-18-16/h7-10,12-13,16,18H,4-6,11H2,1-3H3,(H,19,20). The Morgan fingerprint density at radius 2 is 2.10 bits per heavy atom. The number of nitrogens with one attached hydrogen (secondary N) is 2. The maximum Gasteiger partial charge on any atom is 0.241 e. The van der Waals surface area contributed by atoms with Gasteiger partial charge in [0.1, 0.15) is 0 Å². The first kappa shape index (κ1) is 15.0. The molecule has 0 aliphatic carbocycles. The summed E-state index contributed by atoms with van der Waals surface area (Å²) in [4.78, 5) is 12.3. The van der Waals surface area contributed by atoms with E-state index in [0.29, 0.717) is 11.8 Å². The van der Waals surface area contributed by atoms with Crippen molar-refractivity contribution in [3.05, 3.63) is 29.8 Å². The quantitative estimate of drug-likeness (QED) is 0.882. The van der Waals surface area contributed by atoms with Crippen LogP contribution < -0.4 is 10.6 Å². The van der Waals surface area contributed by atoms with Crippen molar-refractivity contribution < 1.29 is 4.79 Å². The molecule has 2 N–H and O–H groups in total. The highest BCUT2D eigenvalue weighted by Crippen LogP contribution is 2.21. The van der Waals surface area contributed by atoms with Crippen molar-refractivity contribution in [3.8, 4) is 0 Å². The van der Waals surface area contributed by atoms with Gasteiger partial charge < -0.3 is 10.6 Å². The Hall–Kier alpha value is -1.35. The fourth-order valence-corrected chi connectivity index (χ4v) is 2.75. The lowest BCUT2D eigenvalue weighted by Crippen LogP contribution is -2.48. The highest BCUT2D eigenvalue weighted by molar-refractivity contribution is 5.95. The number of amides is 1. The largest absolute Gasteiger partial charge is 0.325 e. The molecular weight excluding hydrogens is 248 g/mol. The predicted octanol–water partition coefficient (Wildman–Crippen LogP) is 3.53. The van der Waals surface area contributed by atoms with E-state index in [1.807, 2.05) is 12.1 Å². The third-order valence-electron chi connectivity index (χ3n) is 4.41. The summed E-state index contributed by atoms with van der Waals surface area (Å²) < 4.78 is 0. The van der Waals surface area contributed by atoms with Crippen LogP contribution in [0.5, 0.6) is 0 Å². The lowest BCUT2D eigenvalue weighted by Gasteiger charge is -2.29. The van der Waals surface area contributed by atoms with Crippen molar-refractivity contribution in [2.75, 3.05) is 11.9 Å². The SMILES string of the molecule is CCC(C)c1ccc(NC(=O)C2NCCCC2C)cc1. The predicted molar refractivity (Wildman–Crippen MR) is 84.0 cm³/mol. The van der Waals surface area contributed by atoms with Gasteiger partial charge in [0.25, 0.3) is 0 Å². The second kappa shape index (κ2) is 6.89. The van der Waals surface area contributed by atoms with Gasteiger partial charge in [0.15, 0.2) is 0 Å². The number of carbonyl (C=O) groups is 1. The number of piperidine rings is 1. The second-order valence-corrected chi connectivity index (χ2v) is 5.97. The normalized spacial score (nSPS) is 24.1. The fourth-order valence-electron chi connectivity index (χ4n) is 2.75. The Morgan fingerprint density at radius 1 is 1.40 bits per heavy atom. The summed E-state index contributed by atoms with van der Waals surface area (Å²) >= 11 is 0. The molecule has 0 bridgehead atoms. The van der Waals surface area contributed by atoms with Crippen LogP contribution in [0, 0.1) is 5.92 Å². The number of carbonyl (C=O) groups excluding carboxylic acids is 1. The molecule has 1 aliphatic heterocycles. The Labute approximate surface area is 122 Å². The zero-order valence-electron chi connectivity index (χ0n) is 12.8. The minimum absolute atomic E-state index is 0.0574. The maximum atomic E-state index is 12.3. The Bertz CT molecular complexity index is 441. The third-order valence-corrected chi connectivity index (χ3v) is 4.41. The summed E-state index contributed by atoms with van der Waals surface area (Å²) in [6.07, 6.45) is 3.42. The molecule has 1 fully saturated rings. The van der Waals surface area contributed by atoms with Crippen molar-refractivity contribution in [2.45, 2.75) is 52.0 Å². The van der Waals surface area contributed by atoms with E-state index in [9.17, 15) is 4.79 Å². The smallest absolute Gasteiger partial charge is 0.241 e. The molecule has 0 aromatic heterocycles. The third kappa shape index (κ3) is 3.60. The van der Waals surface area contributed by atoms with Crippen LogP contribution in [0.4, 0.5) is 5.69 Å². The number of benzene rings is 1. The van der Waals surface area contributed by atoms with Gasteiger partial charge in [-0.3, -0.25) is 4.79 Å². The summed E-state index contributed by atoms with van der Waals surface area (Å²) in [5, 5.41) is 6.34. The number of rotatable bonds is 4. The highest BCUT2D eigenvalue weighted by atomic mass is 16.2. The Balaban J connectivity index is 1.97. The zero-order chi connectivity index (χ0) is 14.5. The van der Waals surface area contributed by atoms with Crippen LogP contribution in [0.1, 0.15) is 51.5 Å². The molecule has 0 radical (unpaired) electrons. The highest BCUT2D eigenvalue weighted by Gasteiger charge is 2.27. The lowest BCUT2D eigenvalue weighted by molar-refractivity contribution is -0.119. The molecule has 1 amide bonds. The molecule has 2 rings (SSSR count). The number of hydrogen-bond donors (Lipinski definition) is 2. The van der Waals surface area contributed by atoms with Gasteiger partial charge in [0.2, 0.25) is 5.91 Å². The molecule has 3 nitrogen and oxygen atoms in total. The van der Waals surface area contributed by atoms with E-state index in [-0.39, 0.29) is 11.9 Å². The average Bonchev–Trinajstić information content (AvgIpc) is 2.47. The molecule has 0 spiro atoms. The fraction of sp³-hybridized carbons (Fsp3) is 0.588. The monoisotopic (exact) mass is 274 g/mol. The minimum atomic E-state index is -0.0574. The summed E-state index contributed by atoms with van der Waals surface area (Å²) in [6.45, 7) is 7.50. The van der Waals surface area contributed by atoms with Gasteiger partial charge in [-0.2, -0.15) is 0 Å². The molecule has 20 heavy (non-hydrogen) atoms. The van der Waals surface area contributed by atoms with E-state index >= 15 is 0 Å². The van der Waals surface area contributed by atoms with Gasteiger partial charge in [-0.15, -0.1) is 0 Å². The van der Waals surface area contributed by atoms with Gasteiger partial charge >= 0.3 is 0 Å². The van der Waals surface area contributed by atoms with Crippen LogP contribution in [0.25, 0.3) is 0 Å². The van der Waals surface area contributed by atoms with Crippen molar-refractivity contribution >= 4 is 11.6 Å². The molecule has 3 heteroatoms. The van der Waals surface area contributed by atoms with Crippen molar-refractivity contribution in [3.63, 3.8) is 0 Å². The molecule has 1 aromatic carbocycles. The second-order valence-electron chi connectivity index (χ2n) is 5.97. The molecule has 1 heterocycles. The summed E-state index contributed by atoms with van der Waals surface area (Å²) in [6, 6.07) is 8.18. The van der Waals surface area contributed by atoms with E-state index in [0.717, 1.165) is 31.5 Å². The Morgan fingerprint density at radius 3 is 2.70 bits per heavy atom. The van der Waals surface area contributed by atoms with E-state index in [2.05, 4.69) is 43.5 Å². The van der Waals surface area contributed by atoms with E-state index in [1.54, 1.807) is 0 Å². The summed E-state index contributed by atoms with van der Waals surface area (Å²) in [5.41, 5.74) is 2.22. The van der Waals surface area contributed by atoms with Gasteiger partial charge in [-0.25, -0.2) is 0 Å². The molecular formula is C17H26N2O. The minimum Gasteiger partial charge on any atom is -0.325 e. The molecule has 0 saturated carbocycles.